The van der Waals surface area contributed by atoms with Crippen LogP contribution in [-0.4, -0.2) is 60.7 Å². The van der Waals surface area contributed by atoms with Gasteiger partial charge in [-0.15, -0.1) is 0 Å². The zero-order chi connectivity index (χ0) is 18.3. The molecule has 0 bridgehead atoms. The Morgan fingerprint density at radius 2 is 1.88 bits per heavy atom. The molecule has 0 spiro atoms. The van der Waals surface area contributed by atoms with Gasteiger partial charge in [-0.3, -0.25) is 14.4 Å². The minimum absolute atomic E-state index is 0.0337. The molecule has 24 heavy (non-hydrogen) atoms. The Balaban J connectivity index is 2.80. The van der Waals surface area contributed by atoms with Crippen molar-refractivity contribution in [1.29, 1.82) is 0 Å². The van der Waals surface area contributed by atoms with Crippen LogP contribution in [-0.2, 0) is 14.4 Å². The molecule has 1 aliphatic rings. The minimum Gasteiger partial charge on any atom is -0.350 e. The van der Waals surface area contributed by atoms with E-state index in [9.17, 15) is 14.4 Å². The number of hydrogen-bond acceptors (Lipinski definition) is 3. The molecular formula is C18H31N3O3. The van der Waals surface area contributed by atoms with Gasteiger partial charge in [0.2, 0.25) is 18.2 Å². The molecule has 3 amide bonds. The number of piperidine rings is 1. The average Bonchev–Trinajstić information content (AvgIpc) is 2.56. The second-order valence-electron chi connectivity index (χ2n) is 7.06. The molecule has 0 aromatic carbocycles. The first-order valence-corrected chi connectivity index (χ1v) is 8.68. The number of likely N-dealkylation sites (N-methyl/N-ethyl adjacent to an activating group) is 1. The maximum atomic E-state index is 12.6. The zero-order valence-corrected chi connectivity index (χ0v) is 15.5. The van der Waals surface area contributed by atoms with Crippen LogP contribution < -0.4 is 5.32 Å². The Labute approximate surface area is 145 Å². The molecule has 0 aliphatic carbocycles. The van der Waals surface area contributed by atoms with Gasteiger partial charge in [0.25, 0.3) is 0 Å². The maximum Gasteiger partial charge on any atom is 0.249 e. The van der Waals surface area contributed by atoms with Crippen molar-refractivity contribution < 1.29 is 14.4 Å². The third-order valence-corrected chi connectivity index (χ3v) is 4.69. The molecule has 0 radical (unpaired) electrons. The SMILES string of the molecule is C/C(=C\[C@H](C(C)C)N(C)C(=O)CNC=O)C(=O)N1CCC(C)CC1. The summed E-state index contributed by atoms with van der Waals surface area (Å²) in [6.45, 7) is 9.63. The van der Waals surface area contributed by atoms with Crippen LogP contribution >= 0.6 is 0 Å². The van der Waals surface area contributed by atoms with Gasteiger partial charge in [0.05, 0.1) is 12.6 Å². The molecule has 0 aromatic rings. The van der Waals surface area contributed by atoms with Gasteiger partial charge in [0.1, 0.15) is 0 Å². The van der Waals surface area contributed by atoms with Gasteiger partial charge in [-0.25, -0.2) is 0 Å². The van der Waals surface area contributed by atoms with Crippen LogP contribution in [0.15, 0.2) is 11.6 Å². The van der Waals surface area contributed by atoms with E-state index in [4.69, 9.17) is 0 Å². The third-order valence-electron chi connectivity index (χ3n) is 4.69. The summed E-state index contributed by atoms with van der Waals surface area (Å²) in [5.41, 5.74) is 0.672. The first-order chi connectivity index (χ1) is 11.3. The van der Waals surface area contributed by atoms with E-state index >= 15 is 0 Å². The van der Waals surface area contributed by atoms with Gasteiger partial charge < -0.3 is 15.1 Å². The van der Waals surface area contributed by atoms with Crippen LogP contribution in [0.3, 0.4) is 0 Å². The van der Waals surface area contributed by atoms with Gasteiger partial charge in [0, 0.05) is 25.7 Å². The van der Waals surface area contributed by atoms with Gasteiger partial charge in [-0.1, -0.05) is 26.8 Å². The molecule has 1 saturated heterocycles. The Hall–Kier alpha value is -1.85. The largest absolute Gasteiger partial charge is 0.350 e. The van der Waals surface area contributed by atoms with Crippen molar-refractivity contribution in [2.45, 2.75) is 46.6 Å². The fourth-order valence-electron chi connectivity index (χ4n) is 2.96. The predicted molar refractivity (Wildman–Crippen MR) is 94.2 cm³/mol. The van der Waals surface area contributed by atoms with Crippen molar-refractivity contribution in [1.82, 2.24) is 15.1 Å². The van der Waals surface area contributed by atoms with Crippen molar-refractivity contribution in [2.75, 3.05) is 26.7 Å². The lowest BCUT2D eigenvalue weighted by Gasteiger charge is -2.32. The van der Waals surface area contributed by atoms with Crippen LogP contribution in [0.1, 0.15) is 40.5 Å². The normalized spacial score (nSPS) is 17.6. The van der Waals surface area contributed by atoms with Crippen LogP contribution in [0, 0.1) is 11.8 Å². The van der Waals surface area contributed by atoms with E-state index in [0.717, 1.165) is 25.9 Å². The fourth-order valence-corrected chi connectivity index (χ4v) is 2.96. The van der Waals surface area contributed by atoms with E-state index in [-0.39, 0.29) is 30.3 Å². The summed E-state index contributed by atoms with van der Waals surface area (Å²) in [5.74, 6) is 0.721. The Bertz CT molecular complexity index is 480. The summed E-state index contributed by atoms with van der Waals surface area (Å²) in [6.07, 6.45) is 4.48. The van der Waals surface area contributed by atoms with Gasteiger partial charge in [-0.05, 0) is 31.6 Å². The highest BCUT2D eigenvalue weighted by Gasteiger charge is 2.25. The monoisotopic (exact) mass is 337 g/mol. The number of rotatable bonds is 7. The van der Waals surface area contributed by atoms with E-state index in [1.807, 2.05) is 31.7 Å². The zero-order valence-electron chi connectivity index (χ0n) is 15.5. The number of carbonyl (C=O) groups is 3. The summed E-state index contributed by atoms with van der Waals surface area (Å²) in [6, 6.07) is -0.182. The van der Waals surface area contributed by atoms with E-state index in [2.05, 4.69) is 12.2 Å². The number of hydrogen-bond donors (Lipinski definition) is 1. The molecule has 1 fully saturated rings. The minimum atomic E-state index is -0.182. The summed E-state index contributed by atoms with van der Waals surface area (Å²) >= 11 is 0. The molecule has 6 nitrogen and oxygen atoms in total. The van der Waals surface area contributed by atoms with E-state index in [1.54, 1.807) is 11.9 Å². The van der Waals surface area contributed by atoms with Crippen molar-refractivity contribution >= 4 is 18.2 Å². The molecule has 6 heteroatoms. The standard InChI is InChI=1S/C18H31N3O3/c1-13(2)16(20(5)17(23)11-19-12-22)10-15(4)18(24)21-8-6-14(3)7-9-21/h10,12-14,16H,6-9,11H2,1-5H3,(H,19,22)/b15-10+/t16-/m1/s1. The highest BCUT2D eigenvalue weighted by molar-refractivity contribution is 5.93. The van der Waals surface area contributed by atoms with Gasteiger partial charge in [0.15, 0.2) is 0 Å². The topological polar surface area (TPSA) is 69.7 Å². The molecule has 1 aliphatic heterocycles. The first-order valence-electron chi connectivity index (χ1n) is 8.68. The molecule has 0 saturated carbocycles. The number of nitrogens with one attached hydrogen (secondary N) is 1. The van der Waals surface area contributed by atoms with Crippen LogP contribution in [0.4, 0.5) is 0 Å². The molecule has 0 unspecified atom stereocenters. The highest BCUT2D eigenvalue weighted by atomic mass is 16.2. The Kier molecular flexibility index (Phi) is 7.95. The third kappa shape index (κ3) is 5.65. The molecule has 1 heterocycles. The molecule has 0 aromatic heterocycles. The Morgan fingerprint density at radius 1 is 1.29 bits per heavy atom. The predicted octanol–water partition coefficient (Wildman–Crippen LogP) is 1.42. The second kappa shape index (κ2) is 9.45. The van der Waals surface area contributed by atoms with Crippen LogP contribution in [0.25, 0.3) is 0 Å². The molecule has 1 rings (SSSR count). The van der Waals surface area contributed by atoms with Crippen molar-refractivity contribution in [3.8, 4) is 0 Å². The number of carbonyl (C=O) groups excluding carboxylic acids is 3. The summed E-state index contributed by atoms with van der Waals surface area (Å²) in [5, 5.41) is 2.39. The Morgan fingerprint density at radius 3 is 2.38 bits per heavy atom. The maximum absolute atomic E-state index is 12.6. The van der Waals surface area contributed by atoms with E-state index in [1.165, 1.54) is 0 Å². The van der Waals surface area contributed by atoms with Gasteiger partial charge >= 0.3 is 0 Å². The molecule has 1 N–H and O–H groups in total. The lowest BCUT2D eigenvalue weighted by molar-refractivity contribution is -0.132. The summed E-state index contributed by atoms with van der Waals surface area (Å²) in [4.78, 5) is 38.6. The first kappa shape index (κ1) is 20.2. The van der Waals surface area contributed by atoms with E-state index < -0.39 is 0 Å². The van der Waals surface area contributed by atoms with E-state index in [0.29, 0.717) is 17.9 Å². The summed E-state index contributed by atoms with van der Waals surface area (Å²) < 4.78 is 0. The lowest BCUT2D eigenvalue weighted by Crippen LogP contribution is -2.44. The quantitative estimate of drug-likeness (QED) is 0.564. The van der Waals surface area contributed by atoms with Crippen molar-refractivity contribution in [3.05, 3.63) is 11.6 Å². The van der Waals surface area contributed by atoms with Crippen LogP contribution in [0.2, 0.25) is 0 Å². The highest BCUT2D eigenvalue weighted by Crippen LogP contribution is 2.19. The number of nitrogens with zero attached hydrogens (tertiary/aromatic N) is 2. The summed E-state index contributed by atoms with van der Waals surface area (Å²) in [7, 11) is 1.70. The van der Waals surface area contributed by atoms with Crippen molar-refractivity contribution in [3.63, 3.8) is 0 Å². The molecular weight excluding hydrogens is 306 g/mol. The number of amides is 3. The molecule has 136 valence electrons. The average molecular weight is 337 g/mol. The van der Waals surface area contributed by atoms with Gasteiger partial charge in [-0.2, -0.15) is 0 Å². The smallest absolute Gasteiger partial charge is 0.249 e. The molecule has 1 atom stereocenters. The van der Waals surface area contributed by atoms with Crippen LogP contribution in [0.5, 0.6) is 0 Å². The number of likely N-dealkylation sites (tertiary alicyclic amines) is 1. The fraction of sp³-hybridized carbons (Fsp3) is 0.722. The lowest BCUT2D eigenvalue weighted by atomic mass is 9.97. The second-order valence-corrected chi connectivity index (χ2v) is 7.06. The van der Waals surface area contributed by atoms with Crippen molar-refractivity contribution in [2.24, 2.45) is 11.8 Å².